The minimum Gasteiger partial charge on any atom is -0.857 e. The second kappa shape index (κ2) is 11.2. The number of rotatable bonds is 7. The number of aliphatic imine (C=N–C) groups is 2. The molecule has 3 rings (SSSR count). The quantitative estimate of drug-likeness (QED) is 0.400. The van der Waals surface area contributed by atoms with Crippen LogP contribution in [0.5, 0.6) is 0 Å². The van der Waals surface area contributed by atoms with E-state index in [1.807, 2.05) is 30.3 Å². The Morgan fingerprint density at radius 1 is 0.903 bits per heavy atom. The second-order valence-corrected chi connectivity index (χ2v) is 7.00. The Hall–Kier alpha value is -3.29. The summed E-state index contributed by atoms with van der Waals surface area (Å²) >= 11 is 0. The van der Waals surface area contributed by atoms with Gasteiger partial charge in [0.1, 0.15) is 0 Å². The van der Waals surface area contributed by atoms with Crippen LogP contribution in [0.15, 0.2) is 89.0 Å². The van der Waals surface area contributed by atoms with Crippen molar-refractivity contribution < 1.29 is 31.8 Å². The van der Waals surface area contributed by atoms with Gasteiger partial charge in [-0.25, -0.2) is 0 Å². The average molecular weight is 458 g/mol. The molecule has 1 aromatic heterocycles. The van der Waals surface area contributed by atoms with Crippen LogP contribution in [0.4, 0.5) is 5.69 Å². The molecule has 0 spiro atoms. The van der Waals surface area contributed by atoms with E-state index in [1.54, 1.807) is 56.3 Å². The molecule has 0 saturated heterocycles. The zero-order chi connectivity index (χ0) is 21.5. The van der Waals surface area contributed by atoms with Crippen LogP contribution in [0.2, 0.25) is 0 Å². The smallest absolute Gasteiger partial charge is 0.857 e. The zero-order valence-corrected chi connectivity index (χ0v) is 18.1. The molecule has 7 heteroatoms. The molecule has 0 bridgehead atoms. The topological polar surface area (TPSA) is 101 Å². The molecule has 1 heterocycles. The van der Waals surface area contributed by atoms with Gasteiger partial charge in [0.25, 0.3) is 0 Å². The minimum absolute atomic E-state index is 0. The van der Waals surface area contributed by atoms with Crippen LogP contribution in [0.25, 0.3) is 0 Å². The van der Waals surface area contributed by atoms with Crippen molar-refractivity contribution in [3.05, 3.63) is 95.8 Å². The minimum atomic E-state index is -1.25. The molecule has 3 aromatic rings. The fraction of sp³-hybridized carbons (Fsp3) is 0.167. The largest absolute Gasteiger partial charge is 2.00 e. The first-order valence-electron chi connectivity index (χ1n) is 9.58. The van der Waals surface area contributed by atoms with Crippen molar-refractivity contribution in [1.82, 2.24) is 4.98 Å². The number of nitrogens with zero attached hydrogens (tertiary/aromatic N) is 3. The number of para-hydroxylation sites is 1. The van der Waals surface area contributed by atoms with Gasteiger partial charge in [-0.3, -0.25) is 15.0 Å². The first kappa shape index (κ1) is 24.0. The van der Waals surface area contributed by atoms with E-state index in [0.717, 1.165) is 5.56 Å². The molecule has 1 radical (unpaired) electrons. The summed E-state index contributed by atoms with van der Waals surface area (Å²) in [5.74, 6) is -2.01. The third kappa shape index (κ3) is 6.10. The molecular formula is C24H21CoN3O3. The molecule has 1 atom stereocenters. The summed E-state index contributed by atoms with van der Waals surface area (Å²) in [5.41, 5.74) is 2.32. The summed E-state index contributed by atoms with van der Waals surface area (Å²) in [5, 5.41) is 24.3. The van der Waals surface area contributed by atoms with Gasteiger partial charge in [-0.15, -0.1) is 0 Å². The van der Waals surface area contributed by atoms with Gasteiger partial charge in [0.15, 0.2) is 0 Å². The van der Waals surface area contributed by atoms with Crippen LogP contribution in [-0.2, 0) is 21.6 Å². The van der Waals surface area contributed by atoms with Crippen molar-refractivity contribution in [2.45, 2.75) is 19.9 Å². The fourth-order valence-corrected chi connectivity index (χ4v) is 2.94. The molecule has 0 aliphatic heterocycles. The van der Waals surface area contributed by atoms with Crippen molar-refractivity contribution in [1.29, 1.82) is 0 Å². The summed E-state index contributed by atoms with van der Waals surface area (Å²) in [4.78, 5) is 24.5. The Labute approximate surface area is 191 Å². The van der Waals surface area contributed by atoms with Crippen LogP contribution >= 0.6 is 0 Å². The molecule has 2 aromatic carbocycles. The predicted molar refractivity (Wildman–Crippen MR) is 113 cm³/mol. The normalized spacial score (nSPS) is 12.9. The van der Waals surface area contributed by atoms with E-state index in [9.17, 15) is 15.0 Å². The van der Waals surface area contributed by atoms with Crippen LogP contribution in [0, 0.1) is 5.92 Å². The van der Waals surface area contributed by atoms with Crippen LogP contribution in [0.1, 0.15) is 30.7 Å². The predicted octanol–water partition coefficient (Wildman–Crippen LogP) is 2.13. The van der Waals surface area contributed by atoms with Crippen LogP contribution < -0.4 is 10.2 Å². The van der Waals surface area contributed by atoms with E-state index in [0.29, 0.717) is 17.0 Å². The Morgan fingerprint density at radius 3 is 2.16 bits per heavy atom. The third-order valence-corrected chi connectivity index (χ3v) is 4.45. The molecule has 0 amide bonds. The molecule has 6 nitrogen and oxygen atoms in total. The fourth-order valence-electron chi connectivity index (χ4n) is 2.94. The number of aliphatic carboxylic acids is 1. The third-order valence-electron chi connectivity index (χ3n) is 4.45. The van der Waals surface area contributed by atoms with E-state index < -0.39 is 17.9 Å². The SMILES string of the molecule is CC(C)[C@H](N=C(c1ccccc1)c1ccccc1N=C([O-])c1ccccn1)C(=O)[O-].[Co+2]. The first-order valence-corrected chi connectivity index (χ1v) is 9.58. The summed E-state index contributed by atoms with van der Waals surface area (Å²) in [6.07, 6.45) is 1.53. The molecule has 31 heavy (non-hydrogen) atoms. The summed E-state index contributed by atoms with van der Waals surface area (Å²) < 4.78 is 0. The first-order chi connectivity index (χ1) is 14.5. The van der Waals surface area contributed by atoms with E-state index >= 15 is 0 Å². The number of carbonyl (C=O) groups is 1. The molecular weight excluding hydrogens is 437 g/mol. The van der Waals surface area contributed by atoms with E-state index in [4.69, 9.17) is 0 Å². The summed E-state index contributed by atoms with van der Waals surface area (Å²) in [6.45, 7) is 3.54. The number of carboxylic acids is 1. The maximum Gasteiger partial charge on any atom is 2.00 e. The van der Waals surface area contributed by atoms with Crippen LogP contribution in [-0.4, -0.2) is 28.6 Å². The van der Waals surface area contributed by atoms with Gasteiger partial charge in [-0.1, -0.05) is 68.4 Å². The van der Waals surface area contributed by atoms with Gasteiger partial charge < -0.3 is 15.0 Å². The van der Waals surface area contributed by atoms with E-state index in [-0.39, 0.29) is 28.4 Å². The Morgan fingerprint density at radius 2 is 1.55 bits per heavy atom. The molecule has 0 fully saturated rings. The number of benzene rings is 2. The van der Waals surface area contributed by atoms with Gasteiger partial charge in [-0.2, -0.15) is 0 Å². The van der Waals surface area contributed by atoms with Gasteiger partial charge in [0.2, 0.25) is 0 Å². The number of hydrogen-bond acceptors (Lipinski definition) is 6. The molecule has 0 saturated carbocycles. The van der Waals surface area contributed by atoms with Crippen molar-refractivity contribution in [3.63, 3.8) is 0 Å². The van der Waals surface area contributed by atoms with Crippen molar-refractivity contribution in [3.8, 4) is 0 Å². The van der Waals surface area contributed by atoms with E-state index in [2.05, 4.69) is 15.0 Å². The Kier molecular flexibility index (Phi) is 8.66. The maximum atomic E-state index is 12.6. The molecule has 0 unspecified atom stereocenters. The van der Waals surface area contributed by atoms with Gasteiger partial charge >= 0.3 is 16.8 Å². The molecule has 0 aliphatic rings. The average Bonchev–Trinajstić information content (AvgIpc) is 2.76. The zero-order valence-electron chi connectivity index (χ0n) is 17.1. The maximum absolute atomic E-state index is 12.6. The number of aromatic nitrogens is 1. The number of hydrogen-bond donors (Lipinski definition) is 0. The van der Waals surface area contributed by atoms with Gasteiger partial charge in [0, 0.05) is 23.2 Å². The standard InChI is InChI=1S/C24H23N3O3.Co/c1-16(2)21(24(29)30)27-22(17-10-4-3-5-11-17)18-12-6-7-13-19(18)26-23(28)20-14-8-9-15-25-20;/h3-16,21H,1-2H3,(H,26,28)(H,29,30);/q;+2/p-2/t21-;/m0./s1. The van der Waals surface area contributed by atoms with Gasteiger partial charge in [0.05, 0.1) is 29.1 Å². The van der Waals surface area contributed by atoms with E-state index in [1.165, 1.54) is 6.20 Å². The Bertz CT molecular complexity index is 1070. The number of carboxylic acid groups (broad SMARTS) is 1. The Balaban J connectivity index is 0.00000341. The number of carbonyl (C=O) groups excluding carboxylic acids is 1. The summed E-state index contributed by atoms with van der Waals surface area (Å²) in [6, 6.07) is 20.2. The number of pyridine rings is 1. The van der Waals surface area contributed by atoms with Crippen LogP contribution in [0.3, 0.4) is 0 Å². The van der Waals surface area contributed by atoms with Crippen molar-refractivity contribution >= 4 is 23.3 Å². The molecule has 0 N–H and O–H groups in total. The van der Waals surface area contributed by atoms with Crippen molar-refractivity contribution in [2.75, 3.05) is 0 Å². The van der Waals surface area contributed by atoms with Crippen molar-refractivity contribution in [2.24, 2.45) is 15.9 Å². The molecule has 159 valence electrons. The summed E-state index contributed by atoms with van der Waals surface area (Å²) in [7, 11) is 0. The molecule has 0 aliphatic carbocycles. The second-order valence-electron chi connectivity index (χ2n) is 7.00. The monoisotopic (exact) mass is 458 g/mol. The van der Waals surface area contributed by atoms with Gasteiger partial charge in [-0.05, 0) is 24.1 Å².